The molecule has 2 rings (SSSR count). The Kier molecular flexibility index (Phi) is 3.13. The summed E-state index contributed by atoms with van der Waals surface area (Å²) in [5, 5.41) is 4.21. The summed E-state index contributed by atoms with van der Waals surface area (Å²) in [6.45, 7) is 2.81. The van der Waals surface area contributed by atoms with Gasteiger partial charge in [0.05, 0.1) is 46.0 Å². The first-order chi connectivity index (χ1) is 7.24. The predicted molar refractivity (Wildman–Crippen MR) is 61.5 cm³/mol. The molecule has 0 spiro atoms. The number of nitrogens with zero attached hydrogens (tertiary/aromatic N) is 4. The van der Waals surface area contributed by atoms with Gasteiger partial charge in [0.1, 0.15) is 0 Å². The SMILES string of the molecule is CCn1ncc(Br)c1C(N)c1cnsn1. The third-order valence-electron chi connectivity index (χ3n) is 2.12. The van der Waals surface area contributed by atoms with Crippen LogP contribution in [0.4, 0.5) is 0 Å². The normalized spacial score (nSPS) is 13.0. The van der Waals surface area contributed by atoms with E-state index in [0.717, 1.165) is 34.1 Å². The van der Waals surface area contributed by atoms with Gasteiger partial charge in [-0.15, -0.1) is 0 Å². The zero-order valence-corrected chi connectivity index (χ0v) is 10.5. The minimum atomic E-state index is -0.277. The summed E-state index contributed by atoms with van der Waals surface area (Å²) in [5.41, 5.74) is 7.81. The van der Waals surface area contributed by atoms with Crippen molar-refractivity contribution in [1.29, 1.82) is 0 Å². The Bertz CT molecular complexity index is 438. The second-order valence-electron chi connectivity index (χ2n) is 3.00. The lowest BCUT2D eigenvalue weighted by Crippen LogP contribution is -2.17. The quantitative estimate of drug-likeness (QED) is 0.930. The van der Waals surface area contributed by atoms with E-state index in [-0.39, 0.29) is 6.04 Å². The molecule has 0 amide bonds. The molecular weight excluding hydrogens is 278 g/mol. The predicted octanol–water partition coefficient (Wildman–Crippen LogP) is 1.57. The topological polar surface area (TPSA) is 69.6 Å². The zero-order chi connectivity index (χ0) is 10.8. The van der Waals surface area contributed by atoms with E-state index in [9.17, 15) is 0 Å². The summed E-state index contributed by atoms with van der Waals surface area (Å²) in [6, 6.07) is -0.277. The van der Waals surface area contributed by atoms with E-state index in [1.165, 1.54) is 0 Å². The molecule has 1 atom stereocenters. The molecule has 0 radical (unpaired) electrons. The highest BCUT2D eigenvalue weighted by Gasteiger charge is 2.19. The minimum absolute atomic E-state index is 0.277. The van der Waals surface area contributed by atoms with Crippen LogP contribution in [-0.4, -0.2) is 18.5 Å². The molecule has 0 aliphatic rings. The average molecular weight is 288 g/mol. The third kappa shape index (κ3) is 1.95. The Hall–Kier alpha value is -0.790. The molecule has 0 fully saturated rings. The Morgan fingerprint density at radius 1 is 1.60 bits per heavy atom. The van der Waals surface area contributed by atoms with E-state index in [4.69, 9.17) is 5.73 Å². The van der Waals surface area contributed by atoms with Gasteiger partial charge >= 0.3 is 0 Å². The smallest absolute Gasteiger partial charge is 0.0971 e. The highest BCUT2D eigenvalue weighted by atomic mass is 79.9. The molecule has 2 aromatic rings. The second kappa shape index (κ2) is 4.38. The van der Waals surface area contributed by atoms with Gasteiger partial charge in [-0.2, -0.15) is 13.8 Å². The van der Waals surface area contributed by atoms with Gasteiger partial charge in [0.15, 0.2) is 0 Å². The molecule has 2 aromatic heterocycles. The van der Waals surface area contributed by atoms with Crippen LogP contribution < -0.4 is 5.73 Å². The average Bonchev–Trinajstić information content (AvgIpc) is 2.85. The summed E-state index contributed by atoms with van der Waals surface area (Å²) in [7, 11) is 0. The van der Waals surface area contributed by atoms with Gasteiger partial charge in [-0.25, -0.2) is 0 Å². The van der Waals surface area contributed by atoms with Crippen LogP contribution in [-0.2, 0) is 6.54 Å². The highest BCUT2D eigenvalue weighted by Crippen LogP contribution is 2.25. The van der Waals surface area contributed by atoms with E-state index in [1.807, 2.05) is 11.6 Å². The monoisotopic (exact) mass is 287 g/mol. The van der Waals surface area contributed by atoms with E-state index < -0.39 is 0 Å². The number of hydrogen-bond acceptors (Lipinski definition) is 5. The van der Waals surface area contributed by atoms with Crippen molar-refractivity contribution in [2.24, 2.45) is 5.73 Å². The lowest BCUT2D eigenvalue weighted by Gasteiger charge is -2.11. The first kappa shape index (κ1) is 10.7. The lowest BCUT2D eigenvalue weighted by molar-refractivity contribution is 0.596. The molecule has 0 saturated carbocycles. The molecule has 0 aliphatic carbocycles. The van der Waals surface area contributed by atoms with Gasteiger partial charge in [-0.3, -0.25) is 4.68 Å². The number of nitrogens with two attached hydrogens (primary N) is 1. The molecular formula is C8H10BrN5S. The number of aromatic nitrogens is 4. The standard InChI is InChI=1S/C8H10BrN5S/c1-2-14-8(5(9)3-11-14)7(10)6-4-12-15-13-6/h3-4,7H,2,10H2,1H3. The van der Waals surface area contributed by atoms with Crippen molar-refractivity contribution in [1.82, 2.24) is 18.5 Å². The van der Waals surface area contributed by atoms with Crippen LogP contribution in [0, 0.1) is 0 Å². The Balaban J connectivity index is 2.40. The molecule has 0 saturated heterocycles. The van der Waals surface area contributed by atoms with Crippen LogP contribution >= 0.6 is 27.7 Å². The number of rotatable bonds is 3. The van der Waals surface area contributed by atoms with E-state index in [0.29, 0.717) is 0 Å². The largest absolute Gasteiger partial charge is 0.318 e. The summed E-state index contributed by atoms with van der Waals surface area (Å²) in [6.07, 6.45) is 3.44. The summed E-state index contributed by atoms with van der Waals surface area (Å²) < 4.78 is 10.8. The summed E-state index contributed by atoms with van der Waals surface area (Å²) in [5.74, 6) is 0. The van der Waals surface area contributed by atoms with Crippen molar-refractivity contribution in [2.45, 2.75) is 19.5 Å². The minimum Gasteiger partial charge on any atom is -0.318 e. The molecule has 5 nitrogen and oxygen atoms in total. The second-order valence-corrected chi connectivity index (χ2v) is 4.41. The molecule has 0 aliphatic heterocycles. The number of hydrogen-bond donors (Lipinski definition) is 1. The van der Waals surface area contributed by atoms with Crippen LogP contribution in [0.2, 0.25) is 0 Å². The molecule has 0 bridgehead atoms. The number of halogens is 1. The molecule has 15 heavy (non-hydrogen) atoms. The molecule has 0 aromatic carbocycles. The van der Waals surface area contributed by atoms with Gasteiger partial charge in [0, 0.05) is 6.54 Å². The van der Waals surface area contributed by atoms with Crippen molar-refractivity contribution in [3.63, 3.8) is 0 Å². The third-order valence-corrected chi connectivity index (χ3v) is 3.23. The maximum Gasteiger partial charge on any atom is 0.0971 e. The molecule has 2 heterocycles. The molecule has 80 valence electrons. The van der Waals surface area contributed by atoms with Crippen molar-refractivity contribution >= 4 is 27.7 Å². The fourth-order valence-electron chi connectivity index (χ4n) is 1.38. The molecule has 2 N–H and O–H groups in total. The molecule has 1 unspecified atom stereocenters. The Labute approximate surface area is 99.8 Å². The zero-order valence-electron chi connectivity index (χ0n) is 8.09. The van der Waals surface area contributed by atoms with Crippen LogP contribution in [0.1, 0.15) is 24.4 Å². The van der Waals surface area contributed by atoms with Crippen molar-refractivity contribution < 1.29 is 0 Å². The van der Waals surface area contributed by atoms with Crippen LogP contribution in [0.25, 0.3) is 0 Å². The van der Waals surface area contributed by atoms with E-state index >= 15 is 0 Å². The van der Waals surface area contributed by atoms with Crippen LogP contribution in [0.3, 0.4) is 0 Å². The fourth-order valence-corrected chi connectivity index (χ4v) is 2.38. The number of aryl methyl sites for hydroxylation is 1. The van der Waals surface area contributed by atoms with Crippen molar-refractivity contribution in [3.05, 3.63) is 28.3 Å². The van der Waals surface area contributed by atoms with Crippen molar-refractivity contribution in [2.75, 3.05) is 0 Å². The molecule has 7 heteroatoms. The first-order valence-corrected chi connectivity index (χ1v) is 6.00. The van der Waals surface area contributed by atoms with E-state index in [2.05, 4.69) is 29.8 Å². The van der Waals surface area contributed by atoms with Crippen LogP contribution in [0.15, 0.2) is 16.9 Å². The Morgan fingerprint density at radius 3 is 3.00 bits per heavy atom. The maximum atomic E-state index is 6.10. The van der Waals surface area contributed by atoms with Gasteiger partial charge in [0.25, 0.3) is 0 Å². The van der Waals surface area contributed by atoms with Gasteiger partial charge in [-0.05, 0) is 22.9 Å². The van der Waals surface area contributed by atoms with Crippen molar-refractivity contribution in [3.8, 4) is 0 Å². The highest BCUT2D eigenvalue weighted by molar-refractivity contribution is 9.10. The maximum absolute atomic E-state index is 6.10. The first-order valence-electron chi connectivity index (χ1n) is 4.48. The summed E-state index contributed by atoms with van der Waals surface area (Å²) >= 11 is 4.60. The van der Waals surface area contributed by atoms with Gasteiger partial charge < -0.3 is 5.73 Å². The Morgan fingerprint density at radius 2 is 2.40 bits per heavy atom. The fraction of sp³-hybridized carbons (Fsp3) is 0.375. The van der Waals surface area contributed by atoms with E-state index in [1.54, 1.807) is 12.4 Å². The van der Waals surface area contributed by atoms with Gasteiger partial charge in [0.2, 0.25) is 0 Å². The summed E-state index contributed by atoms with van der Waals surface area (Å²) in [4.78, 5) is 0. The lowest BCUT2D eigenvalue weighted by atomic mass is 10.1. The van der Waals surface area contributed by atoms with Gasteiger partial charge in [-0.1, -0.05) is 0 Å². The van der Waals surface area contributed by atoms with Crippen LogP contribution in [0.5, 0.6) is 0 Å².